The van der Waals surface area contributed by atoms with Crippen LogP contribution in [0.15, 0.2) is 11.6 Å². The van der Waals surface area contributed by atoms with E-state index in [2.05, 4.69) is 17.7 Å². The molecule has 1 nitrogen and oxygen atoms in total. The van der Waals surface area contributed by atoms with Gasteiger partial charge in [-0.1, -0.05) is 38.3 Å². The highest BCUT2D eigenvalue weighted by Crippen LogP contribution is 2.49. The third kappa shape index (κ3) is 5.87. The topological polar surface area (TPSA) is 9.23 Å². The Morgan fingerprint density at radius 1 is 0.771 bits per heavy atom. The molecular formula is C27H39F7O. The van der Waals surface area contributed by atoms with Crippen LogP contribution in [0.5, 0.6) is 0 Å². The van der Waals surface area contributed by atoms with Gasteiger partial charge < -0.3 is 4.74 Å². The summed E-state index contributed by atoms with van der Waals surface area (Å²) < 4.78 is 106. The van der Waals surface area contributed by atoms with E-state index in [-0.39, 0.29) is 12.8 Å². The zero-order valence-corrected chi connectivity index (χ0v) is 20.6. The summed E-state index contributed by atoms with van der Waals surface area (Å²) in [4.78, 5) is 0. The van der Waals surface area contributed by atoms with E-state index in [9.17, 15) is 22.0 Å². The van der Waals surface area contributed by atoms with Gasteiger partial charge in [0, 0.05) is 12.3 Å². The van der Waals surface area contributed by atoms with Crippen LogP contribution >= 0.6 is 0 Å². The first-order valence-corrected chi connectivity index (χ1v) is 13.4. The van der Waals surface area contributed by atoms with Gasteiger partial charge in [-0.2, -0.15) is 8.78 Å². The van der Waals surface area contributed by atoms with Crippen LogP contribution in [-0.4, -0.2) is 43.1 Å². The van der Waals surface area contributed by atoms with Crippen molar-refractivity contribution in [2.75, 3.05) is 0 Å². The highest BCUT2D eigenvalue weighted by Gasteiger charge is 2.57. The van der Waals surface area contributed by atoms with Gasteiger partial charge in [-0.25, -0.2) is 22.0 Å². The molecule has 0 saturated heterocycles. The van der Waals surface area contributed by atoms with Gasteiger partial charge in [0.2, 0.25) is 0 Å². The van der Waals surface area contributed by atoms with Crippen molar-refractivity contribution in [2.45, 2.75) is 121 Å². The molecule has 0 aromatic carbocycles. The first kappa shape index (κ1) is 27.3. The first-order chi connectivity index (χ1) is 16.5. The highest BCUT2D eigenvalue weighted by atomic mass is 19.3. The number of halogens is 7. The summed E-state index contributed by atoms with van der Waals surface area (Å²) in [6.07, 6.45) is -8.76. The predicted molar refractivity (Wildman–Crippen MR) is 121 cm³/mol. The molecule has 0 aromatic heterocycles. The third-order valence-electron chi connectivity index (χ3n) is 9.43. The maximum Gasteiger partial charge on any atom is 0.364 e. The average Bonchev–Trinajstić information content (AvgIpc) is 2.81. The fraction of sp³-hybridized carbons (Fsp3) is 0.926. The summed E-state index contributed by atoms with van der Waals surface area (Å²) in [5.41, 5.74) is 0.967. The molecule has 0 aliphatic heterocycles. The standard InChI is InChI=1S/C27H39F7O/c1-14-3-5-16(6-4-14)17-7-9-18(10-8-17)19-11-20(28)24(21(29)12-19)27(33,34)35-23-13-22(30)26(32)25(31)15(23)2/h9,14-17,19-26H,3-8,10-13H2,1-2H3. The average molecular weight is 513 g/mol. The zero-order chi connectivity index (χ0) is 25.5. The van der Waals surface area contributed by atoms with Crippen LogP contribution in [0.1, 0.15) is 78.1 Å². The molecule has 0 radical (unpaired) electrons. The lowest BCUT2D eigenvalue weighted by Crippen LogP contribution is -2.53. The Hall–Kier alpha value is -0.790. The summed E-state index contributed by atoms with van der Waals surface area (Å²) in [6.45, 7) is 3.43. The van der Waals surface area contributed by atoms with Crippen molar-refractivity contribution in [3.63, 3.8) is 0 Å². The van der Waals surface area contributed by atoms with Crippen LogP contribution in [-0.2, 0) is 4.74 Å². The number of allylic oxidation sites excluding steroid dienone is 2. The molecule has 0 bridgehead atoms. The largest absolute Gasteiger partial charge is 0.364 e. The van der Waals surface area contributed by atoms with Crippen molar-refractivity contribution in [3.8, 4) is 0 Å². The van der Waals surface area contributed by atoms with E-state index in [1.165, 1.54) is 25.7 Å². The van der Waals surface area contributed by atoms with Gasteiger partial charge in [0.1, 0.15) is 30.6 Å². The van der Waals surface area contributed by atoms with Crippen molar-refractivity contribution in [2.24, 2.45) is 35.5 Å². The minimum absolute atomic E-state index is 0.217. The van der Waals surface area contributed by atoms with Crippen LogP contribution in [0.2, 0.25) is 0 Å². The molecule has 0 aromatic rings. The Kier molecular flexibility index (Phi) is 8.49. The minimum atomic E-state index is -4.24. The van der Waals surface area contributed by atoms with Crippen LogP contribution in [0, 0.1) is 35.5 Å². The Balaban J connectivity index is 1.35. The minimum Gasteiger partial charge on any atom is -0.316 e. The molecule has 0 heterocycles. The number of hydrogen-bond acceptors (Lipinski definition) is 1. The smallest absolute Gasteiger partial charge is 0.316 e. The van der Waals surface area contributed by atoms with Gasteiger partial charge in [-0.3, -0.25) is 0 Å². The highest BCUT2D eigenvalue weighted by molar-refractivity contribution is 5.14. The fourth-order valence-corrected chi connectivity index (χ4v) is 7.01. The van der Waals surface area contributed by atoms with Gasteiger partial charge >= 0.3 is 6.11 Å². The molecule has 0 N–H and O–H groups in total. The van der Waals surface area contributed by atoms with Crippen molar-refractivity contribution in [1.29, 1.82) is 0 Å². The second-order valence-corrected chi connectivity index (χ2v) is 11.8. The number of rotatable bonds is 5. The van der Waals surface area contributed by atoms with Crippen LogP contribution in [0.25, 0.3) is 0 Å². The zero-order valence-electron chi connectivity index (χ0n) is 20.6. The number of alkyl halides is 7. The molecule has 4 aliphatic rings. The van der Waals surface area contributed by atoms with Crippen molar-refractivity contribution in [1.82, 2.24) is 0 Å². The lowest BCUT2D eigenvalue weighted by molar-refractivity contribution is -0.329. The third-order valence-corrected chi connectivity index (χ3v) is 9.43. The second-order valence-electron chi connectivity index (χ2n) is 11.8. The molecule has 3 saturated carbocycles. The molecule has 8 unspecified atom stereocenters. The van der Waals surface area contributed by atoms with E-state index in [4.69, 9.17) is 0 Å². The van der Waals surface area contributed by atoms with Crippen molar-refractivity contribution >= 4 is 0 Å². The summed E-state index contributed by atoms with van der Waals surface area (Å²) in [5, 5.41) is 0. The Morgan fingerprint density at radius 3 is 1.97 bits per heavy atom. The Morgan fingerprint density at radius 2 is 1.40 bits per heavy atom. The van der Waals surface area contributed by atoms with E-state index in [1.54, 1.807) is 0 Å². The Bertz CT molecular complexity index is 725. The summed E-state index contributed by atoms with van der Waals surface area (Å²) in [5.74, 6) is -2.05. The van der Waals surface area contributed by atoms with Gasteiger partial charge in [0.25, 0.3) is 0 Å². The predicted octanol–water partition coefficient (Wildman–Crippen LogP) is 8.27. The summed E-state index contributed by atoms with van der Waals surface area (Å²) in [6, 6.07) is 0. The monoisotopic (exact) mass is 512 g/mol. The van der Waals surface area contributed by atoms with Gasteiger partial charge in [0.15, 0.2) is 6.17 Å². The maximum absolute atomic E-state index is 15.0. The molecule has 4 rings (SSSR count). The number of ether oxygens (including phenoxy) is 1. The molecule has 4 aliphatic carbocycles. The first-order valence-electron chi connectivity index (χ1n) is 13.4. The van der Waals surface area contributed by atoms with Crippen LogP contribution in [0.3, 0.4) is 0 Å². The van der Waals surface area contributed by atoms with E-state index in [0.717, 1.165) is 37.7 Å². The lowest BCUT2D eigenvalue weighted by atomic mass is 9.68. The lowest BCUT2D eigenvalue weighted by Gasteiger charge is -2.43. The van der Waals surface area contributed by atoms with E-state index in [0.29, 0.717) is 11.8 Å². The molecule has 8 atom stereocenters. The summed E-state index contributed by atoms with van der Waals surface area (Å²) in [7, 11) is 0. The molecule has 202 valence electrons. The van der Waals surface area contributed by atoms with E-state index in [1.807, 2.05) is 0 Å². The van der Waals surface area contributed by atoms with Gasteiger partial charge in [-0.15, -0.1) is 0 Å². The van der Waals surface area contributed by atoms with Crippen LogP contribution in [0.4, 0.5) is 30.7 Å². The number of hydrogen-bond donors (Lipinski definition) is 0. The van der Waals surface area contributed by atoms with E-state index >= 15 is 8.78 Å². The molecule has 8 heteroatoms. The van der Waals surface area contributed by atoms with Crippen molar-refractivity contribution < 1.29 is 35.5 Å². The molecule has 3 fully saturated rings. The quantitative estimate of drug-likeness (QED) is 0.266. The van der Waals surface area contributed by atoms with Gasteiger partial charge in [0.05, 0.1) is 6.10 Å². The van der Waals surface area contributed by atoms with Gasteiger partial charge in [-0.05, 0) is 68.6 Å². The molecule has 35 heavy (non-hydrogen) atoms. The Labute approximate surface area is 204 Å². The van der Waals surface area contributed by atoms with Crippen LogP contribution < -0.4 is 0 Å². The maximum atomic E-state index is 15.0. The molecular weight excluding hydrogens is 473 g/mol. The SMILES string of the molecule is CC1CCC(C2CC=C(C3CC(F)C(C(F)(F)OC4CC(F)C(F)C(F)C4C)C(F)C3)CC2)CC1. The van der Waals surface area contributed by atoms with Crippen molar-refractivity contribution in [3.05, 3.63) is 11.6 Å². The second kappa shape index (κ2) is 10.9. The molecule has 0 amide bonds. The van der Waals surface area contributed by atoms with E-state index < -0.39 is 67.2 Å². The fourth-order valence-electron chi connectivity index (χ4n) is 7.01. The molecule has 0 spiro atoms. The summed E-state index contributed by atoms with van der Waals surface area (Å²) >= 11 is 0. The normalized spacial score (nSPS) is 47.9.